The van der Waals surface area contributed by atoms with Crippen LogP contribution in [0.15, 0.2) is 77.9 Å². The Balaban J connectivity index is 1.62. The molecule has 5 nitrogen and oxygen atoms in total. The van der Waals surface area contributed by atoms with Crippen LogP contribution in [0.25, 0.3) is 0 Å². The molecule has 3 N–H and O–H groups in total. The van der Waals surface area contributed by atoms with Crippen LogP contribution in [0, 0.1) is 0 Å². The molecule has 0 radical (unpaired) electrons. The molecular formula is C19H17ClN4O. The summed E-state index contributed by atoms with van der Waals surface area (Å²) in [7, 11) is 0. The number of anilines is 1. The number of hydrogen-bond donors (Lipinski definition) is 2. The minimum absolute atomic E-state index is 0.312. The van der Waals surface area contributed by atoms with Gasteiger partial charge in [-0.2, -0.15) is 0 Å². The quantitative estimate of drug-likeness (QED) is 0.404. The van der Waals surface area contributed by atoms with Gasteiger partial charge in [0.1, 0.15) is 16.7 Å². The molecule has 0 fully saturated rings. The van der Waals surface area contributed by atoms with Gasteiger partial charge in [0.15, 0.2) is 5.96 Å². The highest BCUT2D eigenvalue weighted by Gasteiger charge is 2.00. The van der Waals surface area contributed by atoms with Crippen LogP contribution in [0.3, 0.4) is 0 Å². The van der Waals surface area contributed by atoms with Gasteiger partial charge in [-0.15, -0.1) is 0 Å². The molecule has 0 unspecified atom stereocenters. The van der Waals surface area contributed by atoms with Crippen molar-refractivity contribution in [3.8, 4) is 11.5 Å². The molecule has 0 amide bonds. The van der Waals surface area contributed by atoms with Gasteiger partial charge in [-0.05, 0) is 35.9 Å². The van der Waals surface area contributed by atoms with Crippen LogP contribution in [-0.2, 0) is 6.54 Å². The summed E-state index contributed by atoms with van der Waals surface area (Å²) in [6.45, 7) is 0.420. The lowest BCUT2D eigenvalue weighted by molar-refractivity contribution is 0.483. The van der Waals surface area contributed by atoms with Crippen molar-refractivity contribution in [3.05, 3.63) is 83.6 Å². The van der Waals surface area contributed by atoms with E-state index >= 15 is 0 Å². The second-order valence-electron chi connectivity index (χ2n) is 5.26. The highest BCUT2D eigenvalue weighted by atomic mass is 35.5. The molecule has 6 heteroatoms. The number of rotatable bonds is 5. The van der Waals surface area contributed by atoms with E-state index in [-0.39, 0.29) is 0 Å². The molecule has 0 saturated carbocycles. The van der Waals surface area contributed by atoms with Gasteiger partial charge in [-0.3, -0.25) is 0 Å². The summed E-state index contributed by atoms with van der Waals surface area (Å²) >= 11 is 5.76. The van der Waals surface area contributed by atoms with E-state index in [0.717, 1.165) is 17.0 Å². The molecule has 126 valence electrons. The Hall–Kier alpha value is -3.05. The van der Waals surface area contributed by atoms with E-state index in [1.54, 1.807) is 12.3 Å². The van der Waals surface area contributed by atoms with Crippen LogP contribution in [0.1, 0.15) is 5.56 Å². The van der Waals surface area contributed by atoms with Crippen LogP contribution in [0.2, 0.25) is 5.15 Å². The van der Waals surface area contributed by atoms with Crippen molar-refractivity contribution in [3.63, 3.8) is 0 Å². The lowest BCUT2D eigenvalue weighted by atomic mass is 10.3. The highest BCUT2D eigenvalue weighted by molar-refractivity contribution is 6.29. The van der Waals surface area contributed by atoms with E-state index in [1.165, 1.54) is 0 Å². The summed E-state index contributed by atoms with van der Waals surface area (Å²) in [5.74, 6) is 1.80. The minimum Gasteiger partial charge on any atom is -0.457 e. The molecule has 25 heavy (non-hydrogen) atoms. The summed E-state index contributed by atoms with van der Waals surface area (Å²) in [6.07, 6.45) is 1.67. The zero-order valence-electron chi connectivity index (χ0n) is 13.4. The van der Waals surface area contributed by atoms with Gasteiger partial charge in [-0.1, -0.05) is 41.9 Å². The van der Waals surface area contributed by atoms with Gasteiger partial charge < -0.3 is 15.8 Å². The number of benzene rings is 2. The summed E-state index contributed by atoms with van der Waals surface area (Å²) in [5, 5.41) is 3.50. The number of ether oxygens (including phenoxy) is 1. The topological polar surface area (TPSA) is 72.5 Å². The van der Waals surface area contributed by atoms with Gasteiger partial charge in [-0.25, -0.2) is 9.98 Å². The first-order chi connectivity index (χ1) is 12.2. The largest absolute Gasteiger partial charge is 0.457 e. The fraction of sp³-hybridized carbons (Fsp3) is 0.0526. The van der Waals surface area contributed by atoms with Crippen molar-refractivity contribution in [1.29, 1.82) is 0 Å². The predicted molar refractivity (Wildman–Crippen MR) is 101 cm³/mol. The highest BCUT2D eigenvalue weighted by Crippen LogP contribution is 2.23. The SMILES string of the molecule is NC(=NCc1ccc(Cl)nc1)Nc1cccc(Oc2ccccc2)c1. The number of aliphatic imine (C=N–C) groups is 1. The molecule has 1 aromatic heterocycles. The fourth-order valence-electron chi connectivity index (χ4n) is 2.13. The number of pyridine rings is 1. The van der Waals surface area contributed by atoms with Gasteiger partial charge in [0.05, 0.1) is 6.54 Å². The second-order valence-corrected chi connectivity index (χ2v) is 5.65. The minimum atomic E-state index is 0.312. The maximum Gasteiger partial charge on any atom is 0.193 e. The maximum atomic E-state index is 5.94. The van der Waals surface area contributed by atoms with Crippen LogP contribution in [-0.4, -0.2) is 10.9 Å². The zero-order valence-corrected chi connectivity index (χ0v) is 14.1. The van der Waals surface area contributed by atoms with Gasteiger partial charge >= 0.3 is 0 Å². The number of hydrogen-bond acceptors (Lipinski definition) is 3. The zero-order chi connectivity index (χ0) is 17.5. The molecule has 1 heterocycles. The van der Waals surface area contributed by atoms with E-state index in [9.17, 15) is 0 Å². The molecule has 3 aromatic rings. The standard InChI is InChI=1S/C19H17ClN4O/c20-18-10-9-14(12-22-18)13-23-19(21)24-15-5-4-8-17(11-15)25-16-6-2-1-3-7-16/h1-12H,13H2,(H3,21,23,24). The van der Waals surface area contributed by atoms with Crippen LogP contribution in [0.4, 0.5) is 5.69 Å². The van der Waals surface area contributed by atoms with Crippen molar-refractivity contribution in [2.75, 3.05) is 5.32 Å². The van der Waals surface area contributed by atoms with E-state index in [0.29, 0.717) is 23.4 Å². The normalized spacial score (nSPS) is 11.2. The first-order valence-electron chi connectivity index (χ1n) is 7.69. The Bertz CT molecular complexity index is 851. The molecule has 2 aromatic carbocycles. The van der Waals surface area contributed by atoms with Gasteiger partial charge in [0.25, 0.3) is 0 Å². The molecule has 0 bridgehead atoms. The monoisotopic (exact) mass is 352 g/mol. The Labute approximate surface area is 151 Å². The molecule has 0 saturated heterocycles. The fourth-order valence-corrected chi connectivity index (χ4v) is 2.24. The Morgan fingerprint density at radius 2 is 1.84 bits per heavy atom. The third-order valence-electron chi connectivity index (χ3n) is 3.31. The number of guanidine groups is 1. The molecule has 0 atom stereocenters. The van der Waals surface area contributed by atoms with E-state index < -0.39 is 0 Å². The Morgan fingerprint density at radius 3 is 2.60 bits per heavy atom. The number of para-hydroxylation sites is 1. The predicted octanol–water partition coefficient (Wildman–Crippen LogP) is 4.45. The van der Waals surface area contributed by atoms with Crippen LogP contribution < -0.4 is 15.8 Å². The summed E-state index contributed by atoms with van der Waals surface area (Å²) < 4.78 is 5.80. The number of nitrogens with zero attached hydrogens (tertiary/aromatic N) is 2. The van der Waals surface area contributed by atoms with Crippen molar-refractivity contribution in [2.24, 2.45) is 10.7 Å². The van der Waals surface area contributed by atoms with E-state index in [4.69, 9.17) is 22.1 Å². The first-order valence-corrected chi connectivity index (χ1v) is 8.07. The van der Waals surface area contributed by atoms with E-state index in [1.807, 2.05) is 60.7 Å². The first kappa shape index (κ1) is 16.8. The average molecular weight is 353 g/mol. The van der Waals surface area contributed by atoms with Crippen LogP contribution >= 0.6 is 11.6 Å². The summed E-state index contributed by atoms with van der Waals surface area (Å²) in [6, 6.07) is 20.7. The molecule has 0 aliphatic rings. The lowest BCUT2D eigenvalue weighted by Crippen LogP contribution is -2.22. The second kappa shape index (κ2) is 8.17. The third kappa shape index (κ3) is 5.22. The van der Waals surface area contributed by atoms with E-state index in [2.05, 4.69) is 15.3 Å². The maximum absolute atomic E-state index is 5.94. The molecule has 0 aliphatic carbocycles. The Kier molecular flexibility index (Phi) is 5.49. The van der Waals surface area contributed by atoms with Crippen molar-refractivity contribution < 1.29 is 4.74 Å². The van der Waals surface area contributed by atoms with Crippen molar-refractivity contribution in [1.82, 2.24) is 4.98 Å². The summed E-state index contributed by atoms with van der Waals surface area (Å²) in [4.78, 5) is 8.30. The number of nitrogens with two attached hydrogens (primary N) is 1. The summed E-state index contributed by atoms with van der Waals surface area (Å²) in [5.41, 5.74) is 7.66. The molecule has 0 spiro atoms. The molecule has 0 aliphatic heterocycles. The molecule has 3 rings (SSSR count). The Morgan fingerprint density at radius 1 is 1.04 bits per heavy atom. The number of halogens is 1. The molecular weight excluding hydrogens is 336 g/mol. The van der Waals surface area contributed by atoms with Crippen molar-refractivity contribution in [2.45, 2.75) is 6.54 Å². The number of nitrogens with one attached hydrogen (secondary N) is 1. The van der Waals surface area contributed by atoms with Gasteiger partial charge in [0.2, 0.25) is 0 Å². The van der Waals surface area contributed by atoms with Gasteiger partial charge in [0, 0.05) is 18.0 Å². The van der Waals surface area contributed by atoms with Crippen molar-refractivity contribution >= 4 is 23.2 Å². The third-order valence-corrected chi connectivity index (χ3v) is 3.53. The smallest absolute Gasteiger partial charge is 0.193 e. The lowest BCUT2D eigenvalue weighted by Gasteiger charge is -2.09. The number of aromatic nitrogens is 1. The average Bonchev–Trinajstić information content (AvgIpc) is 2.62. The van der Waals surface area contributed by atoms with Crippen LogP contribution in [0.5, 0.6) is 11.5 Å².